The van der Waals surface area contributed by atoms with Crippen molar-refractivity contribution < 1.29 is 14.3 Å². The van der Waals surface area contributed by atoms with E-state index in [-0.39, 0.29) is 12.5 Å². The Balaban J connectivity index is 1.88. The maximum atomic E-state index is 11.4. The van der Waals surface area contributed by atoms with Gasteiger partial charge >= 0.3 is 6.09 Å². The van der Waals surface area contributed by atoms with Crippen LogP contribution < -0.4 is 10.6 Å². The zero-order chi connectivity index (χ0) is 15.5. The van der Waals surface area contributed by atoms with Gasteiger partial charge < -0.3 is 15.4 Å². The average Bonchev–Trinajstić information content (AvgIpc) is 2.71. The molecule has 5 heteroatoms. The molecule has 1 heterocycles. The van der Waals surface area contributed by atoms with Crippen LogP contribution in [0.15, 0.2) is 18.2 Å². The van der Waals surface area contributed by atoms with Crippen LogP contribution in [-0.4, -0.2) is 24.1 Å². The lowest BCUT2D eigenvalue weighted by Crippen LogP contribution is -2.32. The summed E-state index contributed by atoms with van der Waals surface area (Å²) in [5, 5.41) is 5.34. The van der Waals surface area contributed by atoms with Gasteiger partial charge in [0, 0.05) is 11.3 Å². The molecule has 1 aliphatic rings. The van der Waals surface area contributed by atoms with Crippen LogP contribution in [0.3, 0.4) is 0 Å². The van der Waals surface area contributed by atoms with E-state index < -0.39 is 11.7 Å². The second-order valence-electron chi connectivity index (χ2n) is 5.75. The van der Waals surface area contributed by atoms with Gasteiger partial charge in [-0.05, 0) is 38.5 Å². The van der Waals surface area contributed by atoms with Crippen molar-refractivity contribution in [3.63, 3.8) is 0 Å². The van der Waals surface area contributed by atoms with Gasteiger partial charge in [-0.3, -0.25) is 4.79 Å². The maximum absolute atomic E-state index is 11.4. The monoisotopic (exact) mass is 286 g/mol. The minimum Gasteiger partial charge on any atom is -0.444 e. The molecule has 0 unspecified atom stereocenters. The highest BCUT2D eigenvalue weighted by Gasteiger charge is 2.17. The second-order valence-corrected chi connectivity index (χ2v) is 5.75. The molecule has 110 valence electrons. The second kappa shape index (κ2) is 5.88. The van der Waals surface area contributed by atoms with Crippen LogP contribution in [0.4, 0.5) is 10.5 Å². The summed E-state index contributed by atoms with van der Waals surface area (Å²) in [6.07, 6.45) is -0.0681. The van der Waals surface area contributed by atoms with Crippen molar-refractivity contribution in [2.24, 2.45) is 0 Å². The molecule has 0 bridgehead atoms. The van der Waals surface area contributed by atoms with Gasteiger partial charge in [0.2, 0.25) is 5.91 Å². The Bertz CT molecular complexity index is 633. The van der Waals surface area contributed by atoms with Crippen LogP contribution >= 0.6 is 0 Å². The third-order valence-electron chi connectivity index (χ3n) is 2.69. The highest BCUT2D eigenvalue weighted by molar-refractivity contribution is 5.99. The smallest absolute Gasteiger partial charge is 0.408 e. The molecule has 0 radical (unpaired) electrons. The van der Waals surface area contributed by atoms with Crippen LogP contribution in [0, 0.1) is 11.8 Å². The Morgan fingerprint density at radius 1 is 1.43 bits per heavy atom. The van der Waals surface area contributed by atoms with E-state index in [2.05, 4.69) is 22.5 Å². The quantitative estimate of drug-likeness (QED) is 0.776. The van der Waals surface area contributed by atoms with Gasteiger partial charge in [-0.25, -0.2) is 4.79 Å². The van der Waals surface area contributed by atoms with Crippen molar-refractivity contribution in [1.82, 2.24) is 5.32 Å². The van der Waals surface area contributed by atoms with E-state index in [0.29, 0.717) is 6.42 Å². The van der Waals surface area contributed by atoms with Crippen LogP contribution in [0.2, 0.25) is 0 Å². The van der Waals surface area contributed by atoms with Crippen LogP contribution in [0.5, 0.6) is 0 Å². The summed E-state index contributed by atoms with van der Waals surface area (Å²) in [6.45, 7) is 5.61. The number of hydrogen-bond donors (Lipinski definition) is 2. The van der Waals surface area contributed by atoms with Crippen molar-refractivity contribution >= 4 is 17.7 Å². The molecule has 0 saturated heterocycles. The fourth-order valence-corrected chi connectivity index (χ4v) is 1.87. The molecule has 1 aromatic carbocycles. The number of carbonyl (C=O) groups is 2. The van der Waals surface area contributed by atoms with Crippen molar-refractivity contribution in [3.05, 3.63) is 29.3 Å². The summed E-state index contributed by atoms with van der Waals surface area (Å²) >= 11 is 0. The summed E-state index contributed by atoms with van der Waals surface area (Å²) in [6, 6.07) is 5.58. The average molecular weight is 286 g/mol. The number of nitrogens with one attached hydrogen (secondary N) is 2. The highest BCUT2D eigenvalue weighted by Crippen LogP contribution is 2.23. The van der Waals surface area contributed by atoms with Gasteiger partial charge in [-0.15, -0.1) is 0 Å². The topological polar surface area (TPSA) is 67.4 Å². The van der Waals surface area contributed by atoms with Gasteiger partial charge in [0.15, 0.2) is 0 Å². The highest BCUT2D eigenvalue weighted by atomic mass is 16.6. The molecule has 0 spiro atoms. The molecule has 0 atom stereocenters. The Kier molecular flexibility index (Phi) is 4.18. The first-order valence-corrected chi connectivity index (χ1v) is 6.72. The maximum Gasteiger partial charge on any atom is 0.408 e. The van der Waals surface area contributed by atoms with E-state index in [9.17, 15) is 9.59 Å². The van der Waals surface area contributed by atoms with E-state index in [4.69, 9.17) is 4.74 Å². The van der Waals surface area contributed by atoms with Gasteiger partial charge in [-0.2, -0.15) is 0 Å². The van der Waals surface area contributed by atoms with Crippen molar-refractivity contribution in [2.45, 2.75) is 32.8 Å². The molecule has 0 fully saturated rings. The van der Waals surface area contributed by atoms with Crippen LogP contribution in [0.25, 0.3) is 0 Å². The lowest BCUT2D eigenvalue weighted by molar-refractivity contribution is -0.115. The standard InChI is InChI=1S/C16H18N2O3/c1-16(2,3)21-15(20)17-8-4-5-11-6-7-12-10-14(19)18-13(12)9-11/h6-7,9H,8,10H2,1-3H3,(H,17,20)(H,18,19). The molecule has 2 rings (SSSR count). The summed E-state index contributed by atoms with van der Waals surface area (Å²) in [5.74, 6) is 5.78. The molecule has 0 saturated carbocycles. The minimum atomic E-state index is -0.518. The fraction of sp³-hybridized carbons (Fsp3) is 0.375. The largest absolute Gasteiger partial charge is 0.444 e. The summed E-state index contributed by atoms with van der Waals surface area (Å²) < 4.78 is 5.10. The number of rotatable bonds is 1. The van der Waals surface area contributed by atoms with Gasteiger partial charge in [0.1, 0.15) is 5.60 Å². The van der Waals surface area contributed by atoms with Crippen molar-refractivity contribution in [3.8, 4) is 11.8 Å². The van der Waals surface area contributed by atoms with Gasteiger partial charge in [0.05, 0.1) is 13.0 Å². The number of alkyl carbamates (subject to hydrolysis) is 1. The molecular weight excluding hydrogens is 268 g/mol. The Morgan fingerprint density at radius 3 is 2.90 bits per heavy atom. The van der Waals surface area contributed by atoms with Gasteiger partial charge in [-0.1, -0.05) is 17.9 Å². The number of hydrogen-bond acceptors (Lipinski definition) is 3. The van der Waals surface area contributed by atoms with Crippen molar-refractivity contribution in [1.29, 1.82) is 0 Å². The normalized spacial score (nSPS) is 12.8. The van der Waals surface area contributed by atoms with E-state index in [1.165, 1.54) is 0 Å². The van der Waals surface area contributed by atoms with E-state index in [1.807, 2.05) is 18.2 Å². The number of benzene rings is 1. The van der Waals surface area contributed by atoms with E-state index >= 15 is 0 Å². The number of carbonyl (C=O) groups excluding carboxylic acids is 2. The van der Waals surface area contributed by atoms with Gasteiger partial charge in [0.25, 0.3) is 0 Å². The first-order chi connectivity index (χ1) is 9.83. The number of amides is 2. The number of ether oxygens (including phenoxy) is 1. The zero-order valence-corrected chi connectivity index (χ0v) is 12.4. The Labute approximate surface area is 124 Å². The zero-order valence-electron chi connectivity index (χ0n) is 12.4. The van der Waals surface area contributed by atoms with E-state index in [0.717, 1.165) is 16.8 Å². The molecule has 1 aromatic rings. The molecular formula is C16H18N2O3. The van der Waals surface area contributed by atoms with Crippen molar-refractivity contribution in [2.75, 3.05) is 11.9 Å². The molecule has 5 nitrogen and oxygen atoms in total. The SMILES string of the molecule is CC(C)(C)OC(=O)NCC#Cc1ccc2c(c1)NC(=O)C2. The first-order valence-electron chi connectivity index (χ1n) is 6.72. The molecule has 21 heavy (non-hydrogen) atoms. The lowest BCUT2D eigenvalue weighted by atomic mass is 10.1. The first kappa shape index (κ1) is 14.9. The lowest BCUT2D eigenvalue weighted by Gasteiger charge is -2.18. The summed E-state index contributed by atoms with van der Waals surface area (Å²) in [4.78, 5) is 22.7. The Morgan fingerprint density at radius 2 is 2.19 bits per heavy atom. The summed E-state index contributed by atoms with van der Waals surface area (Å²) in [5.41, 5.74) is 2.07. The minimum absolute atomic E-state index is 0.00158. The molecule has 0 aromatic heterocycles. The summed E-state index contributed by atoms with van der Waals surface area (Å²) in [7, 11) is 0. The van der Waals surface area contributed by atoms with E-state index in [1.54, 1.807) is 20.8 Å². The van der Waals surface area contributed by atoms with Crippen LogP contribution in [-0.2, 0) is 16.0 Å². The predicted molar refractivity (Wildman–Crippen MR) is 79.9 cm³/mol. The Hall–Kier alpha value is -2.48. The molecule has 2 amide bonds. The number of fused-ring (bicyclic) bond motifs is 1. The predicted octanol–water partition coefficient (Wildman–Crippen LogP) is 2.06. The number of anilines is 1. The third kappa shape index (κ3) is 4.53. The fourth-order valence-electron chi connectivity index (χ4n) is 1.87. The molecule has 1 aliphatic heterocycles. The molecule has 0 aliphatic carbocycles. The van der Waals surface area contributed by atoms with Crippen LogP contribution in [0.1, 0.15) is 31.9 Å². The third-order valence-corrected chi connectivity index (χ3v) is 2.69. The molecule has 2 N–H and O–H groups in total.